The number of aryl methyl sites for hydroxylation is 1. The van der Waals surface area contributed by atoms with Gasteiger partial charge in [0.05, 0.1) is 12.6 Å². The van der Waals surface area contributed by atoms with E-state index in [1.807, 2.05) is 27.7 Å². The molecule has 0 atom stereocenters. The van der Waals surface area contributed by atoms with E-state index in [4.69, 9.17) is 9.26 Å². The lowest BCUT2D eigenvalue weighted by molar-refractivity contribution is -0.154. The van der Waals surface area contributed by atoms with Crippen LogP contribution in [0.2, 0.25) is 0 Å². The van der Waals surface area contributed by atoms with Gasteiger partial charge in [0.2, 0.25) is 0 Å². The summed E-state index contributed by atoms with van der Waals surface area (Å²) in [6, 6.07) is 0. The second-order valence-corrected chi connectivity index (χ2v) is 5.90. The van der Waals surface area contributed by atoms with Gasteiger partial charge in [0.1, 0.15) is 11.4 Å². The van der Waals surface area contributed by atoms with Crippen LogP contribution in [0.3, 0.4) is 0 Å². The van der Waals surface area contributed by atoms with Crippen molar-refractivity contribution in [3.8, 4) is 0 Å². The highest BCUT2D eigenvalue weighted by Crippen LogP contribution is 2.17. The van der Waals surface area contributed by atoms with Crippen molar-refractivity contribution in [1.82, 2.24) is 5.16 Å². The number of thioether (sulfide) groups is 1. The van der Waals surface area contributed by atoms with Crippen molar-refractivity contribution in [2.75, 3.05) is 5.75 Å². The van der Waals surface area contributed by atoms with E-state index >= 15 is 0 Å². The molecule has 0 radical (unpaired) electrons. The fourth-order valence-electron chi connectivity index (χ4n) is 1.19. The third-order valence-electron chi connectivity index (χ3n) is 1.98. The molecule has 0 saturated carbocycles. The summed E-state index contributed by atoms with van der Waals surface area (Å²) < 4.78 is 10.2. The Kier molecular flexibility index (Phi) is 5.05. The first kappa shape index (κ1) is 14.1. The molecule has 0 fully saturated rings. The highest BCUT2D eigenvalue weighted by molar-refractivity contribution is 7.98. The highest BCUT2D eigenvalue weighted by Gasteiger charge is 2.15. The molecule has 1 aromatic heterocycles. The van der Waals surface area contributed by atoms with Crippen LogP contribution in [-0.2, 0) is 15.3 Å². The van der Waals surface area contributed by atoms with Gasteiger partial charge in [-0.3, -0.25) is 4.79 Å². The first-order valence-corrected chi connectivity index (χ1v) is 6.74. The van der Waals surface area contributed by atoms with Gasteiger partial charge in [0.15, 0.2) is 0 Å². The number of carbonyl (C=O) groups excluding carboxylic acids is 1. The van der Waals surface area contributed by atoms with Gasteiger partial charge in [-0.05, 0) is 27.7 Å². The number of hydrogen-bond acceptors (Lipinski definition) is 5. The van der Waals surface area contributed by atoms with Crippen LogP contribution in [0.4, 0.5) is 0 Å². The lowest BCUT2D eigenvalue weighted by atomic mass is 10.2. The summed E-state index contributed by atoms with van der Waals surface area (Å²) in [5.41, 5.74) is 0.687. The van der Waals surface area contributed by atoms with Crippen LogP contribution < -0.4 is 0 Å². The van der Waals surface area contributed by atoms with E-state index in [9.17, 15) is 4.79 Å². The zero-order valence-corrected chi connectivity index (χ0v) is 11.6. The van der Waals surface area contributed by atoms with Gasteiger partial charge < -0.3 is 9.26 Å². The van der Waals surface area contributed by atoms with Crippen molar-refractivity contribution >= 4 is 17.7 Å². The molecule has 0 aliphatic carbocycles. The Morgan fingerprint density at radius 2 is 2.24 bits per heavy atom. The minimum atomic E-state index is -0.396. The number of hydrogen-bond donors (Lipinski definition) is 0. The largest absolute Gasteiger partial charge is 0.460 e. The van der Waals surface area contributed by atoms with Crippen molar-refractivity contribution in [3.63, 3.8) is 0 Å². The Hall–Kier alpha value is -0.970. The molecular formula is C12H19NO3S. The normalized spacial score (nSPS) is 11.5. The van der Waals surface area contributed by atoms with Crippen molar-refractivity contribution in [2.24, 2.45) is 0 Å². The lowest BCUT2D eigenvalue weighted by Crippen LogP contribution is -2.24. The molecule has 0 bridgehead atoms. The summed E-state index contributed by atoms with van der Waals surface area (Å²) in [4.78, 5) is 11.4. The molecular weight excluding hydrogens is 238 g/mol. The summed E-state index contributed by atoms with van der Waals surface area (Å²) in [7, 11) is 0. The maximum Gasteiger partial charge on any atom is 0.307 e. The van der Waals surface area contributed by atoms with Crippen LogP contribution in [-0.4, -0.2) is 22.5 Å². The Morgan fingerprint density at radius 3 is 2.76 bits per heavy atom. The van der Waals surface area contributed by atoms with Crippen molar-refractivity contribution in [1.29, 1.82) is 0 Å². The Morgan fingerprint density at radius 1 is 1.53 bits per heavy atom. The summed E-state index contributed by atoms with van der Waals surface area (Å²) in [5, 5.41) is 3.70. The number of rotatable bonds is 5. The van der Waals surface area contributed by atoms with Crippen LogP contribution in [0.25, 0.3) is 0 Å². The molecule has 1 aromatic rings. The second-order valence-electron chi connectivity index (χ2n) is 4.80. The number of carbonyl (C=O) groups is 1. The molecule has 0 N–H and O–H groups in total. The van der Waals surface area contributed by atoms with Gasteiger partial charge in [-0.15, -0.1) is 0 Å². The molecule has 0 amide bonds. The summed E-state index contributed by atoms with van der Waals surface area (Å²) in [5.74, 6) is 2.26. The summed E-state index contributed by atoms with van der Waals surface area (Å²) in [6.45, 7) is 7.51. The van der Waals surface area contributed by atoms with Gasteiger partial charge in [0, 0.05) is 17.1 Å². The fraction of sp³-hybridized carbons (Fsp3) is 0.667. The molecule has 17 heavy (non-hydrogen) atoms. The zero-order chi connectivity index (χ0) is 12.9. The van der Waals surface area contributed by atoms with E-state index in [-0.39, 0.29) is 5.97 Å². The maximum atomic E-state index is 11.4. The zero-order valence-electron chi connectivity index (χ0n) is 10.8. The minimum Gasteiger partial charge on any atom is -0.460 e. The molecule has 5 heteroatoms. The van der Waals surface area contributed by atoms with Crippen LogP contribution >= 0.6 is 11.8 Å². The molecule has 0 aliphatic rings. The van der Waals surface area contributed by atoms with Crippen molar-refractivity contribution < 1.29 is 14.1 Å². The van der Waals surface area contributed by atoms with E-state index in [0.29, 0.717) is 6.42 Å². The molecule has 0 spiro atoms. The second kappa shape index (κ2) is 6.10. The van der Waals surface area contributed by atoms with E-state index < -0.39 is 5.60 Å². The molecule has 4 nitrogen and oxygen atoms in total. The monoisotopic (exact) mass is 257 g/mol. The average molecular weight is 257 g/mol. The topological polar surface area (TPSA) is 52.3 Å². The third kappa shape index (κ3) is 5.77. The molecule has 96 valence electrons. The van der Waals surface area contributed by atoms with Gasteiger partial charge in [-0.25, -0.2) is 0 Å². The molecule has 0 aliphatic heterocycles. The number of aromatic nitrogens is 1. The third-order valence-corrected chi connectivity index (χ3v) is 2.99. The van der Waals surface area contributed by atoms with Crippen molar-refractivity contribution in [3.05, 3.63) is 17.5 Å². The number of ether oxygens (including phenoxy) is 1. The van der Waals surface area contributed by atoms with E-state index in [0.717, 1.165) is 22.8 Å². The average Bonchev–Trinajstić information content (AvgIpc) is 2.56. The van der Waals surface area contributed by atoms with Gasteiger partial charge in [-0.2, -0.15) is 11.8 Å². The molecule has 1 rings (SSSR count). The van der Waals surface area contributed by atoms with E-state index in [2.05, 4.69) is 5.16 Å². The van der Waals surface area contributed by atoms with Gasteiger partial charge >= 0.3 is 5.97 Å². The molecule has 0 aromatic carbocycles. The highest BCUT2D eigenvalue weighted by atomic mass is 32.2. The van der Waals surface area contributed by atoms with Crippen LogP contribution in [0.5, 0.6) is 0 Å². The van der Waals surface area contributed by atoms with Gasteiger partial charge in [0.25, 0.3) is 0 Å². The van der Waals surface area contributed by atoms with Crippen molar-refractivity contribution in [2.45, 2.75) is 45.5 Å². The molecule has 0 unspecified atom stereocenters. The van der Waals surface area contributed by atoms with E-state index in [1.165, 1.54) is 0 Å². The Bertz CT molecular complexity index is 368. The van der Waals surface area contributed by atoms with E-state index in [1.54, 1.807) is 18.0 Å². The first-order chi connectivity index (χ1) is 7.88. The molecule has 0 saturated heterocycles. The fourth-order valence-corrected chi connectivity index (χ4v) is 2.14. The lowest BCUT2D eigenvalue weighted by Gasteiger charge is -2.19. The predicted molar refractivity (Wildman–Crippen MR) is 67.9 cm³/mol. The minimum absolute atomic E-state index is 0.146. The predicted octanol–water partition coefficient (Wildman–Crippen LogP) is 2.95. The number of nitrogens with zero attached hydrogens (tertiary/aromatic N) is 1. The summed E-state index contributed by atoms with van der Waals surface area (Å²) in [6.07, 6.45) is 2.15. The Balaban J connectivity index is 2.17. The van der Waals surface area contributed by atoms with Crippen LogP contribution in [0.1, 0.15) is 38.5 Å². The number of esters is 1. The smallest absolute Gasteiger partial charge is 0.307 e. The Labute approximate surface area is 106 Å². The van der Waals surface area contributed by atoms with Crippen LogP contribution in [0, 0.1) is 6.92 Å². The SMILES string of the molecule is Cc1oncc1CSCCC(=O)OC(C)(C)C. The van der Waals surface area contributed by atoms with Gasteiger partial charge in [-0.1, -0.05) is 5.16 Å². The summed E-state index contributed by atoms with van der Waals surface area (Å²) >= 11 is 1.68. The molecule has 1 heterocycles. The quantitative estimate of drug-likeness (QED) is 0.599. The standard InChI is InChI=1S/C12H19NO3S/c1-9-10(7-13-16-9)8-17-6-5-11(14)15-12(2,3)4/h7H,5-6,8H2,1-4H3. The first-order valence-electron chi connectivity index (χ1n) is 5.58. The maximum absolute atomic E-state index is 11.4. The van der Waals surface area contributed by atoms with Crippen LogP contribution in [0.15, 0.2) is 10.7 Å².